The van der Waals surface area contributed by atoms with E-state index in [1.165, 1.54) is 4.90 Å². The SMILES string of the molecule is CC1CC(C(=O)O)CN(c2ccc(S(=O)(=O)C(F)F)cc2[N+](=O)[O-])C1. The number of carboxylic acid groups (broad SMARTS) is 1. The molecule has 138 valence electrons. The normalized spacial score (nSPS) is 21.4. The van der Waals surface area contributed by atoms with E-state index in [0.29, 0.717) is 19.0 Å². The molecule has 1 saturated heterocycles. The Hall–Kier alpha value is -2.30. The van der Waals surface area contributed by atoms with Crippen LogP contribution < -0.4 is 4.90 Å². The van der Waals surface area contributed by atoms with Gasteiger partial charge in [-0.2, -0.15) is 8.78 Å². The van der Waals surface area contributed by atoms with Crippen LogP contribution >= 0.6 is 0 Å². The third kappa shape index (κ3) is 3.86. The Kier molecular flexibility index (Phi) is 5.26. The maximum absolute atomic E-state index is 12.6. The third-order valence-electron chi connectivity index (χ3n) is 4.06. The number of nitro benzene ring substituents is 1. The minimum Gasteiger partial charge on any atom is -0.481 e. The molecule has 0 radical (unpaired) electrons. The van der Waals surface area contributed by atoms with Crippen molar-refractivity contribution in [3.05, 3.63) is 28.3 Å². The number of anilines is 1. The molecule has 0 amide bonds. The second-order valence-electron chi connectivity index (χ2n) is 5.99. The molecule has 1 N–H and O–H groups in total. The van der Waals surface area contributed by atoms with E-state index in [9.17, 15) is 37.2 Å². The molecule has 0 bridgehead atoms. The quantitative estimate of drug-likeness (QED) is 0.616. The van der Waals surface area contributed by atoms with E-state index in [1.54, 1.807) is 6.92 Å². The first kappa shape index (κ1) is 19.0. The van der Waals surface area contributed by atoms with Crippen molar-refractivity contribution in [2.24, 2.45) is 11.8 Å². The van der Waals surface area contributed by atoms with Crippen LogP contribution in [0, 0.1) is 22.0 Å². The number of sulfone groups is 1. The van der Waals surface area contributed by atoms with Gasteiger partial charge in [-0.05, 0) is 24.5 Å². The van der Waals surface area contributed by atoms with Crippen LogP contribution in [-0.2, 0) is 14.6 Å². The lowest BCUT2D eigenvalue weighted by Crippen LogP contribution is -2.42. The number of benzene rings is 1. The van der Waals surface area contributed by atoms with E-state index in [-0.39, 0.29) is 18.2 Å². The number of rotatable bonds is 5. The zero-order valence-electron chi connectivity index (χ0n) is 13.1. The molecule has 1 aromatic rings. The van der Waals surface area contributed by atoms with Crippen molar-refractivity contribution in [3.63, 3.8) is 0 Å². The highest BCUT2D eigenvalue weighted by Gasteiger charge is 2.34. The summed E-state index contributed by atoms with van der Waals surface area (Å²) in [6.07, 6.45) is 0.414. The number of hydrogen-bond donors (Lipinski definition) is 1. The minimum absolute atomic E-state index is 0.0102. The molecule has 1 aromatic carbocycles. The number of aliphatic carboxylic acids is 1. The number of nitro groups is 1. The summed E-state index contributed by atoms with van der Waals surface area (Å²) in [7, 11) is -4.97. The van der Waals surface area contributed by atoms with Crippen LogP contribution in [0.25, 0.3) is 0 Å². The summed E-state index contributed by atoms with van der Waals surface area (Å²) in [6, 6.07) is 2.54. The first-order valence-corrected chi connectivity index (χ1v) is 8.87. The summed E-state index contributed by atoms with van der Waals surface area (Å²) in [5.41, 5.74) is -0.643. The molecule has 2 rings (SSSR count). The third-order valence-corrected chi connectivity index (χ3v) is 5.44. The van der Waals surface area contributed by atoms with E-state index < -0.39 is 43.0 Å². The largest absolute Gasteiger partial charge is 0.481 e. The number of halogens is 2. The van der Waals surface area contributed by atoms with Gasteiger partial charge in [0.05, 0.1) is 15.7 Å². The molecule has 0 spiro atoms. The Labute approximate surface area is 142 Å². The number of carbonyl (C=O) groups is 1. The van der Waals surface area contributed by atoms with E-state index in [2.05, 4.69) is 0 Å². The number of piperidine rings is 1. The van der Waals surface area contributed by atoms with Crippen molar-refractivity contribution in [2.45, 2.75) is 24.0 Å². The van der Waals surface area contributed by atoms with Crippen LogP contribution in [0.4, 0.5) is 20.2 Å². The standard InChI is InChI=1S/C14H16F2N2O6S/c1-8-4-9(13(19)20)7-17(6-8)11-3-2-10(5-12(11)18(21)22)25(23,24)14(15)16/h2-3,5,8-9,14H,4,6-7H2,1H3,(H,19,20). The van der Waals surface area contributed by atoms with Crippen molar-refractivity contribution in [2.75, 3.05) is 18.0 Å². The van der Waals surface area contributed by atoms with Gasteiger partial charge in [-0.25, -0.2) is 8.42 Å². The molecule has 1 fully saturated rings. The molecular weight excluding hydrogens is 362 g/mol. The fraction of sp³-hybridized carbons (Fsp3) is 0.500. The molecular formula is C14H16F2N2O6S. The smallest absolute Gasteiger partial charge is 0.341 e. The number of nitrogens with zero attached hydrogens (tertiary/aromatic N) is 2. The van der Waals surface area contributed by atoms with E-state index in [0.717, 1.165) is 12.1 Å². The summed E-state index contributed by atoms with van der Waals surface area (Å²) >= 11 is 0. The molecule has 2 atom stereocenters. The highest BCUT2D eigenvalue weighted by Crippen LogP contribution is 2.35. The van der Waals surface area contributed by atoms with Crippen LogP contribution in [0.1, 0.15) is 13.3 Å². The average Bonchev–Trinajstić information content (AvgIpc) is 2.53. The van der Waals surface area contributed by atoms with Crippen molar-refractivity contribution in [1.82, 2.24) is 0 Å². The predicted molar refractivity (Wildman–Crippen MR) is 83.4 cm³/mol. The monoisotopic (exact) mass is 378 g/mol. The second-order valence-corrected chi connectivity index (χ2v) is 7.91. The Bertz CT molecular complexity index is 799. The summed E-state index contributed by atoms with van der Waals surface area (Å²) in [5.74, 6) is -5.51. The maximum atomic E-state index is 12.6. The topological polar surface area (TPSA) is 118 Å². The highest BCUT2D eigenvalue weighted by atomic mass is 32.2. The lowest BCUT2D eigenvalue weighted by molar-refractivity contribution is -0.384. The van der Waals surface area contributed by atoms with Gasteiger partial charge in [-0.1, -0.05) is 6.92 Å². The maximum Gasteiger partial charge on any atom is 0.341 e. The van der Waals surface area contributed by atoms with Crippen molar-refractivity contribution in [1.29, 1.82) is 0 Å². The Morgan fingerprint density at radius 2 is 2.04 bits per heavy atom. The van der Waals surface area contributed by atoms with E-state index in [4.69, 9.17) is 0 Å². The number of carboxylic acids is 1. The Balaban J connectivity index is 2.48. The molecule has 2 unspecified atom stereocenters. The number of hydrogen-bond acceptors (Lipinski definition) is 6. The first-order valence-electron chi connectivity index (χ1n) is 7.32. The predicted octanol–water partition coefficient (Wildman–Crippen LogP) is 2.14. The molecule has 1 heterocycles. The fourth-order valence-corrected chi connectivity index (χ4v) is 3.66. The van der Waals surface area contributed by atoms with Crippen LogP contribution in [0.15, 0.2) is 23.1 Å². The lowest BCUT2D eigenvalue weighted by Gasteiger charge is -2.35. The van der Waals surface area contributed by atoms with Crippen molar-refractivity contribution < 1.29 is 32.0 Å². The minimum atomic E-state index is -4.97. The van der Waals surface area contributed by atoms with Gasteiger partial charge in [0.15, 0.2) is 0 Å². The lowest BCUT2D eigenvalue weighted by atomic mass is 9.90. The molecule has 0 aromatic heterocycles. The Morgan fingerprint density at radius 1 is 1.40 bits per heavy atom. The zero-order valence-corrected chi connectivity index (χ0v) is 13.9. The van der Waals surface area contributed by atoms with Crippen molar-refractivity contribution >= 4 is 27.2 Å². The van der Waals surface area contributed by atoms with E-state index in [1.807, 2.05) is 0 Å². The van der Waals surface area contributed by atoms with Gasteiger partial charge in [0.25, 0.3) is 5.69 Å². The summed E-state index contributed by atoms with van der Waals surface area (Å²) in [4.78, 5) is 22.3. The van der Waals surface area contributed by atoms with Gasteiger partial charge >= 0.3 is 11.7 Å². The van der Waals surface area contributed by atoms with Gasteiger partial charge in [0.1, 0.15) is 5.69 Å². The molecule has 11 heteroatoms. The average molecular weight is 378 g/mol. The summed E-state index contributed by atoms with van der Waals surface area (Å²) < 4.78 is 48.3. The highest BCUT2D eigenvalue weighted by molar-refractivity contribution is 7.91. The molecule has 1 aliphatic heterocycles. The molecule has 8 nitrogen and oxygen atoms in total. The van der Waals surface area contributed by atoms with E-state index >= 15 is 0 Å². The molecule has 0 saturated carbocycles. The second kappa shape index (κ2) is 6.90. The van der Waals surface area contributed by atoms with Crippen LogP contribution in [0.5, 0.6) is 0 Å². The van der Waals surface area contributed by atoms with Gasteiger partial charge in [0, 0.05) is 19.2 Å². The van der Waals surface area contributed by atoms with Gasteiger partial charge in [-0.15, -0.1) is 0 Å². The summed E-state index contributed by atoms with van der Waals surface area (Å²) in [6.45, 7) is 2.15. The van der Waals surface area contributed by atoms with Crippen molar-refractivity contribution in [3.8, 4) is 0 Å². The molecule has 1 aliphatic rings. The van der Waals surface area contributed by atoms with Crippen LogP contribution in [0.2, 0.25) is 0 Å². The Morgan fingerprint density at radius 3 is 2.56 bits per heavy atom. The van der Waals surface area contributed by atoms with Gasteiger partial charge < -0.3 is 10.0 Å². The van der Waals surface area contributed by atoms with Crippen LogP contribution in [0.3, 0.4) is 0 Å². The van der Waals surface area contributed by atoms with Gasteiger partial charge in [-0.3, -0.25) is 14.9 Å². The van der Waals surface area contributed by atoms with Gasteiger partial charge in [0.2, 0.25) is 9.84 Å². The van der Waals surface area contributed by atoms with Crippen LogP contribution in [-0.4, -0.2) is 43.3 Å². The first-order chi connectivity index (χ1) is 11.5. The summed E-state index contributed by atoms with van der Waals surface area (Å²) in [5, 5.41) is 20.5. The number of alkyl halides is 2. The molecule has 0 aliphatic carbocycles. The zero-order chi connectivity index (χ0) is 18.9. The fourth-order valence-electron chi connectivity index (χ4n) is 2.92. The molecule has 25 heavy (non-hydrogen) atoms.